The molecule has 1 saturated heterocycles. The molecule has 2 atom stereocenters. The molecule has 0 amide bonds. The van der Waals surface area contributed by atoms with Gasteiger partial charge in [0.2, 0.25) is 0 Å². The van der Waals surface area contributed by atoms with Crippen LogP contribution in [-0.2, 0) is 9.47 Å². The van der Waals surface area contributed by atoms with Gasteiger partial charge in [-0.2, -0.15) is 0 Å². The van der Waals surface area contributed by atoms with Crippen LogP contribution >= 0.6 is 11.6 Å². The standard InChI is InChI=1S/C8H15ClO2/c1-3-4-8(2)10-6-7(5-9)11-8/h7H,3-6H2,1-2H3/t7-,8+/m1/s1. The van der Waals surface area contributed by atoms with Crippen LogP contribution in [0.25, 0.3) is 0 Å². The van der Waals surface area contributed by atoms with Gasteiger partial charge in [-0.3, -0.25) is 0 Å². The predicted octanol–water partition coefficient (Wildman–Crippen LogP) is 2.16. The third-order valence-corrected chi connectivity index (χ3v) is 2.21. The summed E-state index contributed by atoms with van der Waals surface area (Å²) >= 11 is 5.63. The molecule has 0 aromatic rings. The highest BCUT2D eigenvalue weighted by atomic mass is 35.5. The van der Waals surface area contributed by atoms with Gasteiger partial charge in [-0.25, -0.2) is 0 Å². The minimum Gasteiger partial charge on any atom is -0.347 e. The number of rotatable bonds is 3. The molecule has 1 aliphatic rings. The molecule has 66 valence electrons. The molecule has 1 fully saturated rings. The van der Waals surface area contributed by atoms with E-state index in [1.807, 2.05) is 6.92 Å². The van der Waals surface area contributed by atoms with Crippen LogP contribution in [0.5, 0.6) is 0 Å². The Morgan fingerprint density at radius 1 is 1.64 bits per heavy atom. The lowest BCUT2D eigenvalue weighted by molar-refractivity contribution is -0.156. The first-order valence-corrected chi connectivity index (χ1v) is 4.61. The van der Waals surface area contributed by atoms with Gasteiger partial charge in [0.25, 0.3) is 0 Å². The molecule has 0 aliphatic carbocycles. The van der Waals surface area contributed by atoms with Crippen molar-refractivity contribution in [3.8, 4) is 0 Å². The van der Waals surface area contributed by atoms with Crippen LogP contribution in [0.1, 0.15) is 26.7 Å². The van der Waals surface area contributed by atoms with Crippen LogP contribution in [0, 0.1) is 0 Å². The topological polar surface area (TPSA) is 18.5 Å². The molecule has 0 unspecified atom stereocenters. The van der Waals surface area contributed by atoms with Crippen LogP contribution in [-0.4, -0.2) is 24.4 Å². The Labute approximate surface area is 72.8 Å². The minimum absolute atomic E-state index is 0.0909. The van der Waals surface area contributed by atoms with Gasteiger partial charge in [0, 0.05) is 6.42 Å². The molecule has 11 heavy (non-hydrogen) atoms. The second-order valence-electron chi connectivity index (χ2n) is 3.09. The van der Waals surface area contributed by atoms with Crippen molar-refractivity contribution in [1.82, 2.24) is 0 Å². The van der Waals surface area contributed by atoms with Crippen molar-refractivity contribution < 1.29 is 9.47 Å². The van der Waals surface area contributed by atoms with Gasteiger partial charge in [0.05, 0.1) is 18.6 Å². The van der Waals surface area contributed by atoms with Gasteiger partial charge in [-0.1, -0.05) is 13.3 Å². The smallest absolute Gasteiger partial charge is 0.166 e. The minimum atomic E-state index is -0.367. The van der Waals surface area contributed by atoms with Gasteiger partial charge in [0.15, 0.2) is 5.79 Å². The van der Waals surface area contributed by atoms with E-state index >= 15 is 0 Å². The molecule has 2 nitrogen and oxygen atoms in total. The van der Waals surface area contributed by atoms with Crippen molar-refractivity contribution in [2.24, 2.45) is 0 Å². The maximum Gasteiger partial charge on any atom is 0.166 e. The Kier molecular flexibility index (Phi) is 3.16. The second-order valence-corrected chi connectivity index (χ2v) is 3.40. The number of alkyl halides is 1. The SMILES string of the molecule is CCC[C@@]1(C)OC[C@@H](CCl)O1. The Bertz CT molecular complexity index is 129. The maximum atomic E-state index is 5.63. The fraction of sp³-hybridized carbons (Fsp3) is 1.00. The molecule has 1 heterocycles. The highest BCUT2D eigenvalue weighted by molar-refractivity contribution is 6.18. The second kappa shape index (κ2) is 3.74. The number of hydrogen-bond acceptors (Lipinski definition) is 2. The Morgan fingerprint density at radius 2 is 2.36 bits per heavy atom. The van der Waals surface area contributed by atoms with Gasteiger partial charge < -0.3 is 9.47 Å². The van der Waals surface area contributed by atoms with Crippen LogP contribution < -0.4 is 0 Å². The largest absolute Gasteiger partial charge is 0.347 e. The zero-order valence-electron chi connectivity index (χ0n) is 7.10. The molecule has 1 rings (SSSR count). The van der Waals surface area contributed by atoms with E-state index in [0.29, 0.717) is 12.5 Å². The highest BCUT2D eigenvalue weighted by Crippen LogP contribution is 2.27. The van der Waals surface area contributed by atoms with E-state index in [2.05, 4.69) is 6.92 Å². The average molecular weight is 179 g/mol. The Hall–Kier alpha value is 0.210. The van der Waals surface area contributed by atoms with Gasteiger partial charge in [-0.15, -0.1) is 11.6 Å². The van der Waals surface area contributed by atoms with E-state index in [-0.39, 0.29) is 11.9 Å². The Balaban J connectivity index is 2.37. The maximum absolute atomic E-state index is 5.63. The lowest BCUT2D eigenvalue weighted by Crippen LogP contribution is -2.26. The lowest BCUT2D eigenvalue weighted by atomic mass is 10.2. The number of ether oxygens (including phenoxy) is 2. The first kappa shape index (κ1) is 9.30. The van der Waals surface area contributed by atoms with Crippen molar-refractivity contribution in [3.05, 3.63) is 0 Å². The van der Waals surface area contributed by atoms with Crippen molar-refractivity contribution in [3.63, 3.8) is 0 Å². The number of halogens is 1. The summed E-state index contributed by atoms with van der Waals surface area (Å²) in [7, 11) is 0. The van der Waals surface area contributed by atoms with Crippen molar-refractivity contribution in [2.45, 2.75) is 38.6 Å². The van der Waals surface area contributed by atoms with Crippen molar-refractivity contribution >= 4 is 11.6 Å². The van der Waals surface area contributed by atoms with E-state index in [1.165, 1.54) is 0 Å². The number of hydrogen-bond donors (Lipinski definition) is 0. The summed E-state index contributed by atoms with van der Waals surface area (Å²) < 4.78 is 11.1. The molecular weight excluding hydrogens is 164 g/mol. The molecule has 0 bridgehead atoms. The molecular formula is C8H15ClO2. The molecule has 0 aromatic heterocycles. The van der Waals surface area contributed by atoms with Crippen LogP contribution in [0.3, 0.4) is 0 Å². The molecule has 0 radical (unpaired) electrons. The summed E-state index contributed by atoms with van der Waals surface area (Å²) in [5, 5.41) is 0. The zero-order chi connectivity index (χ0) is 8.32. The monoisotopic (exact) mass is 178 g/mol. The lowest BCUT2D eigenvalue weighted by Gasteiger charge is -2.21. The first-order chi connectivity index (χ1) is 5.20. The third-order valence-electron chi connectivity index (χ3n) is 1.87. The zero-order valence-corrected chi connectivity index (χ0v) is 7.86. The summed E-state index contributed by atoms with van der Waals surface area (Å²) in [5.74, 6) is 0.160. The molecule has 0 spiro atoms. The van der Waals surface area contributed by atoms with Gasteiger partial charge >= 0.3 is 0 Å². The van der Waals surface area contributed by atoms with E-state index in [9.17, 15) is 0 Å². The van der Waals surface area contributed by atoms with Crippen LogP contribution in [0.15, 0.2) is 0 Å². The Morgan fingerprint density at radius 3 is 2.82 bits per heavy atom. The van der Waals surface area contributed by atoms with Crippen molar-refractivity contribution in [1.29, 1.82) is 0 Å². The molecule has 3 heteroatoms. The highest BCUT2D eigenvalue weighted by Gasteiger charge is 2.35. The van der Waals surface area contributed by atoms with Gasteiger partial charge in [-0.05, 0) is 6.92 Å². The first-order valence-electron chi connectivity index (χ1n) is 4.08. The van der Waals surface area contributed by atoms with E-state index in [0.717, 1.165) is 12.8 Å². The normalized spacial score (nSPS) is 37.9. The van der Waals surface area contributed by atoms with E-state index in [4.69, 9.17) is 21.1 Å². The quantitative estimate of drug-likeness (QED) is 0.617. The molecule has 0 N–H and O–H groups in total. The molecule has 0 saturated carbocycles. The summed E-state index contributed by atoms with van der Waals surface area (Å²) in [4.78, 5) is 0. The van der Waals surface area contributed by atoms with Crippen molar-refractivity contribution in [2.75, 3.05) is 12.5 Å². The summed E-state index contributed by atoms with van der Waals surface area (Å²) in [6.07, 6.45) is 2.11. The van der Waals surface area contributed by atoms with E-state index in [1.54, 1.807) is 0 Å². The fourth-order valence-electron chi connectivity index (χ4n) is 1.35. The summed E-state index contributed by atoms with van der Waals surface area (Å²) in [6, 6.07) is 0. The van der Waals surface area contributed by atoms with Crippen LogP contribution in [0.4, 0.5) is 0 Å². The third kappa shape index (κ3) is 2.32. The molecule has 1 aliphatic heterocycles. The van der Waals surface area contributed by atoms with Crippen LogP contribution in [0.2, 0.25) is 0 Å². The predicted molar refractivity (Wildman–Crippen MR) is 44.9 cm³/mol. The molecule has 0 aromatic carbocycles. The van der Waals surface area contributed by atoms with Gasteiger partial charge in [0.1, 0.15) is 0 Å². The summed E-state index contributed by atoms with van der Waals surface area (Å²) in [6.45, 7) is 4.73. The summed E-state index contributed by atoms with van der Waals surface area (Å²) in [5.41, 5.74) is 0. The average Bonchev–Trinajstić information content (AvgIpc) is 2.33. The van der Waals surface area contributed by atoms with E-state index < -0.39 is 0 Å². The fourth-order valence-corrected chi connectivity index (χ4v) is 1.50.